The first kappa shape index (κ1) is 15.5. The Morgan fingerprint density at radius 1 is 1.42 bits per heavy atom. The van der Waals surface area contributed by atoms with Gasteiger partial charge in [-0.15, -0.1) is 0 Å². The Bertz CT molecular complexity index is 424. The van der Waals surface area contributed by atoms with E-state index in [9.17, 15) is 5.11 Å². The molecule has 0 radical (unpaired) electrons. The van der Waals surface area contributed by atoms with Gasteiger partial charge < -0.3 is 25.4 Å². The Kier molecular flexibility index (Phi) is 6.38. The molecule has 3 N–H and O–H groups in total. The van der Waals surface area contributed by atoms with Gasteiger partial charge in [0.05, 0.1) is 7.11 Å². The van der Waals surface area contributed by atoms with Crippen molar-refractivity contribution in [2.24, 2.45) is 0 Å². The van der Waals surface area contributed by atoms with Crippen LogP contribution < -0.4 is 15.4 Å². The van der Waals surface area contributed by atoms with E-state index in [1.54, 1.807) is 18.2 Å². The predicted molar refractivity (Wildman–Crippen MR) is 82.1 cm³/mol. The van der Waals surface area contributed by atoms with Crippen LogP contribution in [0.5, 0.6) is 11.5 Å². The minimum atomic E-state index is 0.0860. The number of phenolic OH excluding ortho intramolecular Hbond substituents is 1. The number of methoxy groups -OCH3 is 1. The number of rotatable bonds is 6. The topological polar surface area (TPSA) is 56.8 Å². The molecule has 0 heterocycles. The fourth-order valence-corrected chi connectivity index (χ4v) is 1.76. The summed E-state index contributed by atoms with van der Waals surface area (Å²) >= 11 is 5.17. The van der Waals surface area contributed by atoms with Gasteiger partial charge in [-0.1, -0.05) is 0 Å². The predicted octanol–water partition coefficient (Wildman–Crippen LogP) is 1.64. The van der Waals surface area contributed by atoms with Crippen molar-refractivity contribution < 1.29 is 9.84 Å². The van der Waals surface area contributed by atoms with Crippen LogP contribution in [0.1, 0.15) is 6.42 Å². The summed E-state index contributed by atoms with van der Waals surface area (Å²) in [5, 5.41) is 16.3. The minimum Gasteiger partial charge on any atom is -0.504 e. The number of hydrogen-bond acceptors (Lipinski definition) is 4. The lowest BCUT2D eigenvalue weighted by Crippen LogP contribution is -2.30. The molecule has 0 aromatic heterocycles. The highest BCUT2D eigenvalue weighted by Crippen LogP contribution is 2.28. The van der Waals surface area contributed by atoms with Gasteiger partial charge in [0.15, 0.2) is 16.6 Å². The van der Waals surface area contributed by atoms with Gasteiger partial charge in [-0.2, -0.15) is 0 Å². The maximum Gasteiger partial charge on any atom is 0.170 e. The molecule has 0 aliphatic rings. The zero-order chi connectivity index (χ0) is 14.3. The quantitative estimate of drug-likeness (QED) is 0.545. The van der Waals surface area contributed by atoms with Crippen molar-refractivity contribution in [3.63, 3.8) is 0 Å². The van der Waals surface area contributed by atoms with E-state index in [1.807, 2.05) is 14.1 Å². The summed E-state index contributed by atoms with van der Waals surface area (Å²) in [6.45, 7) is 1.82. The van der Waals surface area contributed by atoms with Crippen LogP contribution in [0.3, 0.4) is 0 Å². The van der Waals surface area contributed by atoms with Gasteiger partial charge in [0.25, 0.3) is 0 Å². The smallest absolute Gasteiger partial charge is 0.170 e. The van der Waals surface area contributed by atoms with Gasteiger partial charge in [-0.05, 0) is 51.4 Å². The number of thiocarbonyl (C=S) groups is 1. The van der Waals surface area contributed by atoms with E-state index in [-0.39, 0.29) is 5.75 Å². The van der Waals surface area contributed by atoms with E-state index in [0.29, 0.717) is 10.9 Å². The number of phenols is 1. The van der Waals surface area contributed by atoms with Crippen molar-refractivity contribution in [2.45, 2.75) is 6.42 Å². The van der Waals surface area contributed by atoms with Gasteiger partial charge in [-0.25, -0.2) is 0 Å². The van der Waals surface area contributed by atoms with Crippen molar-refractivity contribution in [3.05, 3.63) is 18.2 Å². The molecule has 0 saturated heterocycles. The zero-order valence-corrected chi connectivity index (χ0v) is 12.4. The molecule has 0 fully saturated rings. The van der Waals surface area contributed by atoms with Gasteiger partial charge in [-0.3, -0.25) is 0 Å². The number of anilines is 1. The largest absolute Gasteiger partial charge is 0.504 e. The Morgan fingerprint density at radius 2 is 2.16 bits per heavy atom. The highest BCUT2D eigenvalue weighted by atomic mass is 32.1. The monoisotopic (exact) mass is 283 g/mol. The Morgan fingerprint density at radius 3 is 2.74 bits per heavy atom. The van der Waals surface area contributed by atoms with E-state index in [0.717, 1.165) is 25.2 Å². The molecule has 1 aromatic carbocycles. The third kappa shape index (κ3) is 5.76. The van der Waals surface area contributed by atoms with E-state index in [2.05, 4.69) is 15.5 Å². The summed E-state index contributed by atoms with van der Waals surface area (Å²) < 4.78 is 4.98. The van der Waals surface area contributed by atoms with Crippen LogP contribution in [0, 0.1) is 0 Å². The molecular weight excluding hydrogens is 262 g/mol. The summed E-state index contributed by atoms with van der Waals surface area (Å²) in [5.41, 5.74) is 0.725. The zero-order valence-electron chi connectivity index (χ0n) is 11.6. The van der Waals surface area contributed by atoms with Crippen molar-refractivity contribution in [2.75, 3.05) is 39.6 Å². The van der Waals surface area contributed by atoms with Crippen molar-refractivity contribution in [1.82, 2.24) is 10.2 Å². The normalized spacial score (nSPS) is 10.3. The second-order valence-electron chi connectivity index (χ2n) is 4.42. The average Bonchev–Trinajstić information content (AvgIpc) is 2.35. The van der Waals surface area contributed by atoms with Crippen LogP contribution in [0.15, 0.2) is 18.2 Å². The van der Waals surface area contributed by atoms with Crippen LogP contribution in [0.25, 0.3) is 0 Å². The number of aromatic hydroxyl groups is 1. The lowest BCUT2D eigenvalue weighted by atomic mass is 10.3. The van der Waals surface area contributed by atoms with Gasteiger partial charge >= 0.3 is 0 Å². The molecule has 0 aliphatic carbocycles. The molecule has 106 valence electrons. The van der Waals surface area contributed by atoms with Gasteiger partial charge in [0, 0.05) is 18.3 Å². The third-order valence-corrected chi connectivity index (χ3v) is 2.75. The molecular formula is C13H21N3O2S. The minimum absolute atomic E-state index is 0.0860. The fraction of sp³-hybridized carbons (Fsp3) is 0.462. The maximum absolute atomic E-state index is 9.65. The van der Waals surface area contributed by atoms with Crippen LogP contribution in [-0.2, 0) is 0 Å². The van der Waals surface area contributed by atoms with Gasteiger partial charge in [0.1, 0.15) is 0 Å². The maximum atomic E-state index is 9.65. The summed E-state index contributed by atoms with van der Waals surface area (Å²) in [5.74, 6) is 0.526. The van der Waals surface area contributed by atoms with Crippen LogP contribution in [-0.4, -0.2) is 49.4 Å². The first-order valence-corrected chi connectivity index (χ1v) is 6.50. The molecule has 0 spiro atoms. The second-order valence-corrected chi connectivity index (χ2v) is 4.83. The first-order valence-electron chi connectivity index (χ1n) is 6.09. The molecule has 19 heavy (non-hydrogen) atoms. The standard InChI is InChI=1S/C13H21N3O2S/c1-16(2)8-4-7-14-13(19)15-10-5-6-12(18-3)11(17)9-10/h5-6,9,17H,4,7-8H2,1-3H3,(H2,14,15,19). The lowest BCUT2D eigenvalue weighted by Gasteiger charge is -2.13. The van der Waals surface area contributed by atoms with Crippen molar-refractivity contribution in [1.29, 1.82) is 0 Å². The molecule has 0 atom stereocenters. The summed E-state index contributed by atoms with van der Waals surface area (Å²) in [6.07, 6.45) is 1.02. The second kappa shape index (κ2) is 7.81. The molecule has 0 saturated carbocycles. The van der Waals surface area contributed by atoms with Gasteiger partial charge in [0.2, 0.25) is 0 Å². The number of benzene rings is 1. The SMILES string of the molecule is COc1ccc(NC(=S)NCCCN(C)C)cc1O. The van der Waals surface area contributed by atoms with Crippen LogP contribution in [0.2, 0.25) is 0 Å². The van der Waals surface area contributed by atoms with E-state index in [4.69, 9.17) is 17.0 Å². The van der Waals surface area contributed by atoms with E-state index < -0.39 is 0 Å². The molecule has 1 rings (SSSR count). The molecule has 1 aromatic rings. The van der Waals surface area contributed by atoms with E-state index >= 15 is 0 Å². The molecule has 0 bridgehead atoms. The highest BCUT2D eigenvalue weighted by molar-refractivity contribution is 7.80. The van der Waals surface area contributed by atoms with Crippen molar-refractivity contribution in [3.8, 4) is 11.5 Å². The van der Waals surface area contributed by atoms with Crippen molar-refractivity contribution >= 4 is 23.0 Å². The summed E-state index contributed by atoms with van der Waals surface area (Å²) in [6, 6.07) is 5.06. The lowest BCUT2D eigenvalue weighted by molar-refractivity contribution is 0.373. The average molecular weight is 283 g/mol. The number of hydrogen-bond donors (Lipinski definition) is 3. The molecule has 0 unspecified atom stereocenters. The molecule has 6 heteroatoms. The third-order valence-electron chi connectivity index (χ3n) is 2.50. The first-order chi connectivity index (χ1) is 9.02. The molecule has 0 aliphatic heterocycles. The molecule has 5 nitrogen and oxygen atoms in total. The van der Waals surface area contributed by atoms with Crippen LogP contribution in [0.4, 0.5) is 5.69 Å². The number of ether oxygens (including phenoxy) is 1. The highest BCUT2D eigenvalue weighted by Gasteiger charge is 2.03. The van der Waals surface area contributed by atoms with E-state index in [1.165, 1.54) is 7.11 Å². The van der Waals surface area contributed by atoms with Crippen LogP contribution >= 0.6 is 12.2 Å². The molecule has 0 amide bonds. The Hall–Kier alpha value is -1.53. The number of nitrogens with one attached hydrogen (secondary N) is 2. The summed E-state index contributed by atoms with van der Waals surface area (Å²) in [7, 11) is 5.59. The summed E-state index contributed by atoms with van der Waals surface area (Å²) in [4.78, 5) is 2.12. The Balaban J connectivity index is 2.38. The Labute approximate surface area is 119 Å². The number of nitrogens with zero attached hydrogens (tertiary/aromatic N) is 1. The fourth-order valence-electron chi connectivity index (χ4n) is 1.54.